The van der Waals surface area contributed by atoms with Crippen LogP contribution < -0.4 is 0 Å². The lowest BCUT2D eigenvalue weighted by atomic mass is 10.3. The first-order valence-electron chi connectivity index (χ1n) is 6.60. The Kier molecular flexibility index (Phi) is 7.01. The van der Waals surface area contributed by atoms with Gasteiger partial charge in [-0.2, -0.15) is 0 Å². The van der Waals surface area contributed by atoms with Gasteiger partial charge in [0.05, 0.1) is 11.4 Å². The molecule has 0 saturated heterocycles. The molecule has 0 aliphatic rings. The maximum atomic E-state index is 12.1. The Morgan fingerprint density at radius 3 is 2.35 bits per heavy atom. The molecule has 1 amide bonds. The standard InChI is InChI=1S/C13H20N2O3S2/c1-4-6-15(7-5-2)10(16)8-19-13-14-9(3)11(20-13)12(17)18/h4-8H2,1-3H3,(H,17,18). The summed E-state index contributed by atoms with van der Waals surface area (Å²) < 4.78 is 0.640. The van der Waals surface area contributed by atoms with E-state index in [-0.39, 0.29) is 10.8 Å². The lowest BCUT2D eigenvalue weighted by molar-refractivity contribution is -0.128. The molecular weight excluding hydrogens is 296 g/mol. The molecule has 0 aliphatic carbocycles. The van der Waals surface area contributed by atoms with Crippen LogP contribution in [0.2, 0.25) is 0 Å². The van der Waals surface area contributed by atoms with Crippen molar-refractivity contribution in [1.29, 1.82) is 0 Å². The van der Waals surface area contributed by atoms with Crippen LogP contribution in [0.4, 0.5) is 0 Å². The first kappa shape index (κ1) is 17.0. The van der Waals surface area contributed by atoms with Crippen LogP contribution in [-0.4, -0.2) is 45.7 Å². The highest BCUT2D eigenvalue weighted by Crippen LogP contribution is 2.27. The van der Waals surface area contributed by atoms with Crippen LogP contribution in [0.15, 0.2) is 4.34 Å². The molecule has 0 aliphatic heterocycles. The second-order valence-corrected chi connectivity index (χ2v) is 6.59. The minimum Gasteiger partial charge on any atom is -0.477 e. The average molecular weight is 316 g/mol. The zero-order valence-corrected chi connectivity index (χ0v) is 13.6. The number of aromatic carboxylic acids is 1. The Morgan fingerprint density at radius 1 is 1.30 bits per heavy atom. The van der Waals surface area contributed by atoms with E-state index >= 15 is 0 Å². The highest BCUT2D eigenvalue weighted by Gasteiger charge is 2.17. The normalized spacial score (nSPS) is 10.6. The van der Waals surface area contributed by atoms with Gasteiger partial charge in [-0.3, -0.25) is 4.79 Å². The number of carbonyl (C=O) groups excluding carboxylic acids is 1. The highest BCUT2D eigenvalue weighted by molar-refractivity contribution is 8.01. The van der Waals surface area contributed by atoms with Crippen molar-refractivity contribution in [3.63, 3.8) is 0 Å². The number of carbonyl (C=O) groups is 2. The Balaban J connectivity index is 2.59. The van der Waals surface area contributed by atoms with Crippen LogP contribution in [0.5, 0.6) is 0 Å². The predicted octanol–water partition coefficient (Wildman–Crippen LogP) is 2.89. The molecule has 7 heteroatoms. The number of hydrogen-bond acceptors (Lipinski definition) is 5. The first-order chi connectivity index (χ1) is 9.49. The minimum absolute atomic E-state index is 0.0865. The SMILES string of the molecule is CCCN(CCC)C(=O)CSc1nc(C)c(C(=O)O)s1. The smallest absolute Gasteiger partial charge is 0.347 e. The second-order valence-electron chi connectivity index (χ2n) is 4.37. The number of aryl methyl sites for hydroxylation is 1. The molecule has 1 aromatic rings. The van der Waals surface area contributed by atoms with E-state index in [2.05, 4.69) is 4.98 Å². The van der Waals surface area contributed by atoms with Gasteiger partial charge in [-0.05, 0) is 19.8 Å². The fourth-order valence-electron chi connectivity index (χ4n) is 1.75. The summed E-state index contributed by atoms with van der Waals surface area (Å²) in [6.07, 6.45) is 1.88. The number of nitrogens with zero attached hydrogens (tertiary/aromatic N) is 2. The number of aromatic nitrogens is 1. The van der Waals surface area contributed by atoms with E-state index in [4.69, 9.17) is 5.11 Å². The maximum Gasteiger partial charge on any atom is 0.347 e. The average Bonchev–Trinajstić information content (AvgIpc) is 2.77. The predicted molar refractivity (Wildman–Crippen MR) is 81.7 cm³/mol. The zero-order chi connectivity index (χ0) is 15.1. The summed E-state index contributed by atoms with van der Waals surface area (Å²) in [5, 5.41) is 8.97. The van der Waals surface area contributed by atoms with Crippen molar-refractivity contribution in [2.75, 3.05) is 18.8 Å². The van der Waals surface area contributed by atoms with E-state index in [0.29, 0.717) is 15.8 Å². The van der Waals surface area contributed by atoms with Gasteiger partial charge in [0.25, 0.3) is 0 Å². The lowest BCUT2D eigenvalue weighted by Crippen LogP contribution is -2.33. The molecule has 0 spiro atoms. The van der Waals surface area contributed by atoms with E-state index in [0.717, 1.165) is 37.3 Å². The monoisotopic (exact) mass is 316 g/mol. The fourth-order valence-corrected chi connectivity index (χ4v) is 3.68. The quantitative estimate of drug-likeness (QED) is 0.747. The molecule has 0 atom stereocenters. The molecule has 0 bridgehead atoms. The third kappa shape index (κ3) is 4.79. The van der Waals surface area contributed by atoms with Crippen molar-refractivity contribution < 1.29 is 14.7 Å². The van der Waals surface area contributed by atoms with Crippen molar-refractivity contribution in [3.8, 4) is 0 Å². The Bertz CT molecular complexity index is 468. The van der Waals surface area contributed by atoms with Gasteiger partial charge in [0, 0.05) is 13.1 Å². The summed E-state index contributed by atoms with van der Waals surface area (Å²) in [6, 6.07) is 0. The number of rotatable bonds is 8. The van der Waals surface area contributed by atoms with Gasteiger partial charge in [0.2, 0.25) is 5.91 Å². The van der Waals surface area contributed by atoms with Gasteiger partial charge in [-0.15, -0.1) is 11.3 Å². The minimum atomic E-state index is -0.961. The molecule has 0 radical (unpaired) electrons. The van der Waals surface area contributed by atoms with Crippen LogP contribution in [0.3, 0.4) is 0 Å². The molecule has 1 aromatic heterocycles. The summed E-state index contributed by atoms with van der Waals surface area (Å²) in [7, 11) is 0. The van der Waals surface area contributed by atoms with E-state index in [1.54, 1.807) is 6.92 Å². The summed E-state index contributed by atoms with van der Waals surface area (Å²) >= 11 is 2.44. The van der Waals surface area contributed by atoms with Crippen LogP contribution >= 0.6 is 23.1 Å². The van der Waals surface area contributed by atoms with Crippen molar-refractivity contribution >= 4 is 35.0 Å². The lowest BCUT2D eigenvalue weighted by Gasteiger charge is -2.20. The molecule has 20 heavy (non-hydrogen) atoms. The number of thioether (sulfide) groups is 1. The summed E-state index contributed by atoms with van der Waals surface area (Å²) in [5.74, 6) is -0.563. The van der Waals surface area contributed by atoms with Crippen molar-refractivity contribution in [2.24, 2.45) is 0 Å². The van der Waals surface area contributed by atoms with Crippen molar-refractivity contribution in [3.05, 3.63) is 10.6 Å². The molecule has 1 rings (SSSR count). The van der Waals surface area contributed by atoms with Gasteiger partial charge in [0.1, 0.15) is 4.88 Å². The Hall–Kier alpha value is -1.08. The number of amides is 1. The second kappa shape index (κ2) is 8.26. The molecule has 5 nitrogen and oxygen atoms in total. The first-order valence-corrected chi connectivity index (χ1v) is 8.41. The van der Waals surface area contributed by atoms with Crippen LogP contribution in [0, 0.1) is 6.92 Å². The molecule has 112 valence electrons. The van der Waals surface area contributed by atoms with Gasteiger partial charge in [0.15, 0.2) is 4.34 Å². The van der Waals surface area contributed by atoms with E-state index in [1.165, 1.54) is 11.8 Å². The molecule has 0 aromatic carbocycles. The van der Waals surface area contributed by atoms with Gasteiger partial charge >= 0.3 is 5.97 Å². The molecule has 0 unspecified atom stereocenters. The summed E-state index contributed by atoms with van der Waals surface area (Å²) in [6.45, 7) is 7.31. The van der Waals surface area contributed by atoms with Crippen LogP contribution in [0.1, 0.15) is 42.1 Å². The summed E-state index contributed by atoms with van der Waals surface area (Å²) in [5.41, 5.74) is 0.511. The molecule has 0 fully saturated rings. The Morgan fingerprint density at radius 2 is 1.90 bits per heavy atom. The van der Waals surface area contributed by atoms with Gasteiger partial charge in [-0.25, -0.2) is 9.78 Å². The number of thiazole rings is 1. The van der Waals surface area contributed by atoms with Crippen LogP contribution in [-0.2, 0) is 4.79 Å². The number of carboxylic acids is 1. The third-order valence-electron chi connectivity index (χ3n) is 2.63. The zero-order valence-electron chi connectivity index (χ0n) is 12.0. The molecule has 1 heterocycles. The van der Waals surface area contributed by atoms with E-state index < -0.39 is 5.97 Å². The van der Waals surface area contributed by atoms with E-state index in [9.17, 15) is 9.59 Å². The fraction of sp³-hybridized carbons (Fsp3) is 0.615. The highest BCUT2D eigenvalue weighted by atomic mass is 32.2. The molecular formula is C13H20N2O3S2. The van der Waals surface area contributed by atoms with E-state index in [1.807, 2.05) is 18.7 Å². The van der Waals surface area contributed by atoms with Gasteiger partial charge in [-0.1, -0.05) is 25.6 Å². The number of carboxylic acid groups (broad SMARTS) is 1. The maximum absolute atomic E-state index is 12.1. The van der Waals surface area contributed by atoms with Crippen molar-refractivity contribution in [2.45, 2.75) is 38.0 Å². The molecule has 0 saturated carbocycles. The van der Waals surface area contributed by atoms with Crippen LogP contribution in [0.25, 0.3) is 0 Å². The number of hydrogen-bond donors (Lipinski definition) is 1. The largest absolute Gasteiger partial charge is 0.477 e. The third-order valence-corrected chi connectivity index (χ3v) is 4.90. The summed E-state index contributed by atoms with van der Waals surface area (Å²) in [4.78, 5) is 29.3. The van der Waals surface area contributed by atoms with Crippen molar-refractivity contribution in [1.82, 2.24) is 9.88 Å². The van der Waals surface area contributed by atoms with Gasteiger partial charge < -0.3 is 10.0 Å². The molecule has 1 N–H and O–H groups in total. The topological polar surface area (TPSA) is 70.5 Å². The Labute approximate surface area is 127 Å².